The second-order valence-corrected chi connectivity index (χ2v) is 6.30. The Morgan fingerprint density at radius 3 is 2.70 bits per heavy atom. The molecule has 2 unspecified atom stereocenters. The third-order valence-electron chi connectivity index (χ3n) is 5.07. The van der Waals surface area contributed by atoms with Crippen LogP contribution in [0.2, 0.25) is 0 Å². The highest BCUT2D eigenvalue weighted by Gasteiger charge is 2.35. The molecule has 0 spiro atoms. The highest BCUT2D eigenvalue weighted by Crippen LogP contribution is 2.32. The van der Waals surface area contributed by atoms with Gasteiger partial charge in [0.2, 0.25) is 0 Å². The fourth-order valence-corrected chi connectivity index (χ4v) is 3.83. The molecule has 0 aromatic heterocycles. The number of fused-ring (bicyclic) bond motifs is 2. The van der Waals surface area contributed by atoms with E-state index in [0.29, 0.717) is 6.04 Å². The molecule has 3 rings (SSSR count). The lowest BCUT2D eigenvalue weighted by atomic mass is 9.82. The number of rotatable bonds is 4. The summed E-state index contributed by atoms with van der Waals surface area (Å²) >= 11 is 0. The van der Waals surface area contributed by atoms with Crippen LogP contribution >= 0.6 is 0 Å². The first-order valence-electron chi connectivity index (χ1n) is 7.84. The molecule has 3 nitrogen and oxygen atoms in total. The van der Waals surface area contributed by atoms with E-state index < -0.39 is 0 Å². The van der Waals surface area contributed by atoms with Crippen molar-refractivity contribution in [3.8, 4) is 5.75 Å². The third-order valence-corrected chi connectivity index (χ3v) is 5.07. The number of ether oxygens (including phenoxy) is 1. The number of piperidine rings is 2. The molecule has 1 N–H and O–H groups in total. The van der Waals surface area contributed by atoms with Crippen LogP contribution in [0.15, 0.2) is 24.3 Å². The van der Waals surface area contributed by atoms with Gasteiger partial charge in [0, 0.05) is 24.7 Å². The molecular weight excluding hydrogens is 248 g/mol. The number of nitrogens with zero attached hydrogens (tertiary/aromatic N) is 1. The second-order valence-electron chi connectivity index (χ2n) is 6.30. The topological polar surface area (TPSA) is 24.5 Å². The standard InChI is InChI=1S/C17H26N2O/c1-19-15-6-4-7-16(19)11-14(10-15)18-12-13-5-3-8-17(9-13)20-2/h3,5,8-9,14-16,18H,4,6-7,10-12H2,1-2H3. The highest BCUT2D eigenvalue weighted by atomic mass is 16.5. The summed E-state index contributed by atoms with van der Waals surface area (Å²) in [5.74, 6) is 0.949. The Labute approximate surface area is 122 Å². The van der Waals surface area contributed by atoms with E-state index in [2.05, 4.69) is 35.5 Å². The third kappa shape index (κ3) is 2.99. The van der Waals surface area contributed by atoms with E-state index >= 15 is 0 Å². The van der Waals surface area contributed by atoms with Gasteiger partial charge in [0.1, 0.15) is 5.75 Å². The van der Waals surface area contributed by atoms with Crippen molar-refractivity contribution in [1.82, 2.24) is 10.2 Å². The summed E-state index contributed by atoms with van der Waals surface area (Å²) in [5, 5.41) is 3.76. The first-order valence-corrected chi connectivity index (χ1v) is 7.84. The van der Waals surface area contributed by atoms with Gasteiger partial charge in [0.15, 0.2) is 0 Å². The van der Waals surface area contributed by atoms with Crippen LogP contribution in [0.3, 0.4) is 0 Å². The summed E-state index contributed by atoms with van der Waals surface area (Å²) < 4.78 is 5.29. The number of nitrogens with one attached hydrogen (secondary N) is 1. The molecule has 0 amide bonds. The first kappa shape index (κ1) is 13.9. The van der Waals surface area contributed by atoms with Crippen molar-refractivity contribution in [2.24, 2.45) is 0 Å². The Hall–Kier alpha value is -1.06. The maximum atomic E-state index is 5.29. The molecule has 3 heteroatoms. The summed E-state index contributed by atoms with van der Waals surface area (Å²) in [4.78, 5) is 2.62. The van der Waals surface area contributed by atoms with Gasteiger partial charge in [-0.1, -0.05) is 18.6 Å². The Balaban J connectivity index is 1.56. The molecule has 2 fully saturated rings. The number of hydrogen-bond donors (Lipinski definition) is 1. The molecule has 1 aromatic carbocycles. The Bertz CT molecular complexity index is 434. The monoisotopic (exact) mass is 274 g/mol. The number of benzene rings is 1. The molecule has 1 aromatic rings. The van der Waals surface area contributed by atoms with E-state index in [1.807, 2.05) is 6.07 Å². The summed E-state index contributed by atoms with van der Waals surface area (Å²) in [5.41, 5.74) is 1.31. The van der Waals surface area contributed by atoms with Crippen LogP contribution in [0.4, 0.5) is 0 Å². The van der Waals surface area contributed by atoms with E-state index in [1.54, 1.807) is 7.11 Å². The van der Waals surface area contributed by atoms with E-state index in [0.717, 1.165) is 24.4 Å². The van der Waals surface area contributed by atoms with Crippen LogP contribution < -0.4 is 10.1 Å². The quantitative estimate of drug-likeness (QED) is 0.913. The van der Waals surface area contributed by atoms with Crippen molar-refractivity contribution in [3.05, 3.63) is 29.8 Å². The molecule has 2 heterocycles. The van der Waals surface area contributed by atoms with Crippen molar-refractivity contribution >= 4 is 0 Å². The Morgan fingerprint density at radius 2 is 2.00 bits per heavy atom. The average Bonchev–Trinajstić information content (AvgIpc) is 2.46. The van der Waals surface area contributed by atoms with Crippen molar-refractivity contribution < 1.29 is 4.74 Å². The SMILES string of the molecule is COc1cccc(CNC2CC3CCCC(C2)N3C)c1. The van der Waals surface area contributed by atoms with Gasteiger partial charge in [-0.15, -0.1) is 0 Å². The van der Waals surface area contributed by atoms with Crippen LogP contribution in [0.5, 0.6) is 5.75 Å². The molecule has 2 saturated heterocycles. The van der Waals surface area contributed by atoms with E-state index in [9.17, 15) is 0 Å². The fourth-order valence-electron chi connectivity index (χ4n) is 3.83. The van der Waals surface area contributed by atoms with Crippen LogP contribution in [-0.2, 0) is 6.54 Å². The zero-order chi connectivity index (χ0) is 13.9. The summed E-state index contributed by atoms with van der Waals surface area (Å²) in [6.07, 6.45) is 6.78. The Morgan fingerprint density at radius 1 is 1.25 bits per heavy atom. The summed E-state index contributed by atoms with van der Waals surface area (Å²) in [6, 6.07) is 10.6. The second kappa shape index (κ2) is 6.15. The molecule has 0 aliphatic carbocycles. The van der Waals surface area contributed by atoms with E-state index in [4.69, 9.17) is 4.74 Å². The minimum Gasteiger partial charge on any atom is -0.497 e. The molecule has 2 atom stereocenters. The molecule has 2 bridgehead atoms. The molecule has 20 heavy (non-hydrogen) atoms. The van der Waals surface area contributed by atoms with Crippen molar-refractivity contribution in [3.63, 3.8) is 0 Å². The molecule has 0 radical (unpaired) electrons. The van der Waals surface area contributed by atoms with Crippen LogP contribution in [0.25, 0.3) is 0 Å². The van der Waals surface area contributed by atoms with Gasteiger partial charge in [-0.2, -0.15) is 0 Å². The van der Waals surface area contributed by atoms with Crippen molar-refractivity contribution in [2.75, 3.05) is 14.2 Å². The molecule has 110 valence electrons. The van der Waals surface area contributed by atoms with E-state index in [1.165, 1.54) is 37.7 Å². The van der Waals surface area contributed by atoms with Crippen molar-refractivity contribution in [2.45, 2.75) is 56.8 Å². The van der Waals surface area contributed by atoms with Gasteiger partial charge in [-0.25, -0.2) is 0 Å². The van der Waals surface area contributed by atoms with Gasteiger partial charge in [0.05, 0.1) is 7.11 Å². The minimum absolute atomic E-state index is 0.674. The average molecular weight is 274 g/mol. The zero-order valence-corrected chi connectivity index (χ0v) is 12.6. The maximum Gasteiger partial charge on any atom is 0.119 e. The fraction of sp³-hybridized carbons (Fsp3) is 0.647. The predicted molar refractivity (Wildman–Crippen MR) is 82.0 cm³/mol. The van der Waals surface area contributed by atoms with Gasteiger partial charge >= 0.3 is 0 Å². The molecule has 0 saturated carbocycles. The Kier molecular flexibility index (Phi) is 4.27. The van der Waals surface area contributed by atoms with Gasteiger partial charge in [0.25, 0.3) is 0 Å². The minimum atomic E-state index is 0.674. The van der Waals surface area contributed by atoms with Gasteiger partial charge in [-0.3, -0.25) is 0 Å². The lowest BCUT2D eigenvalue weighted by molar-refractivity contribution is 0.0482. The summed E-state index contributed by atoms with van der Waals surface area (Å²) in [6.45, 7) is 0.949. The first-order chi connectivity index (χ1) is 9.76. The van der Waals surface area contributed by atoms with Gasteiger partial charge in [-0.05, 0) is 50.4 Å². The smallest absolute Gasteiger partial charge is 0.119 e. The molecule has 2 aliphatic rings. The number of methoxy groups -OCH3 is 1. The maximum absolute atomic E-state index is 5.29. The van der Waals surface area contributed by atoms with Crippen LogP contribution in [0, 0.1) is 0 Å². The summed E-state index contributed by atoms with van der Waals surface area (Å²) in [7, 11) is 4.04. The lowest BCUT2D eigenvalue weighted by Crippen LogP contribution is -2.54. The zero-order valence-electron chi connectivity index (χ0n) is 12.6. The number of hydrogen-bond acceptors (Lipinski definition) is 3. The highest BCUT2D eigenvalue weighted by molar-refractivity contribution is 5.28. The van der Waals surface area contributed by atoms with Crippen LogP contribution in [0.1, 0.15) is 37.7 Å². The van der Waals surface area contributed by atoms with Crippen LogP contribution in [-0.4, -0.2) is 37.2 Å². The molecule has 2 aliphatic heterocycles. The predicted octanol–water partition coefficient (Wildman–Crippen LogP) is 2.80. The largest absolute Gasteiger partial charge is 0.497 e. The molecular formula is C17H26N2O. The van der Waals surface area contributed by atoms with Gasteiger partial charge < -0.3 is 15.0 Å². The lowest BCUT2D eigenvalue weighted by Gasteiger charge is -2.47. The normalized spacial score (nSPS) is 30.2. The van der Waals surface area contributed by atoms with Crippen molar-refractivity contribution in [1.29, 1.82) is 0 Å². The van der Waals surface area contributed by atoms with E-state index in [-0.39, 0.29) is 0 Å².